The Bertz CT molecular complexity index is 866. The molecule has 1 N–H and O–H groups in total. The zero-order chi connectivity index (χ0) is 19.1. The van der Waals surface area contributed by atoms with Crippen molar-refractivity contribution in [1.82, 2.24) is 20.2 Å². The lowest BCUT2D eigenvalue weighted by Gasteiger charge is -2.11. The molecule has 2 aromatic carbocycles. The van der Waals surface area contributed by atoms with Crippen LogP contribution in [0.15, 0.2) is 42.5 Å². The van der Waals surface area contributed by atoms with Crippen LogP contribution in [0.5, 0.6) is 5.75 Å². The summed E-state index contributed by atoms with van der Waals surface area (Å²) in [5.74, 6) is 0.895. The van der Waals surface area contributed by atoms with Gasteiger partial charge in [-0.3, -0.25) is 0 Å². The first-order valence-corrected chi connectivity index (χ1v) is 9.20. The molecule has 3 rings (SSSR count). The van der Waals surface area contributed by atoms with Crippen LogP contribution in [0.1, 0.15) is 30.9 Å². The number of aromatic nitrogens is 4. The number of hydrogen-bond acceptors (Lipinski definition) is 5. The van der Waals surface area contributed by atoms with Crippen molar-refractivity contribution in [3.63, 3.8) is 0 Å². The number of benzene rings is 2. The van der Waals surface area contributed by atoms with Crippen LogP contribution in [-0.4, -0.2) is 20.2 Å². The molecule has 8 heteroatoms. The number of unbranched alkanes of at least 4 members (excludes halogenated alkanes) is 1. The molecule has 27 heavy (non-hydrogen) atoms. The van der Waals surface area contributed by atoms with Gasteiger partial charge >= 0.3 is 0 Å². The topological polar surface area (TPSA) is 64.9 Å². The van der Waals surface area contributed by atoms with Crippen LogP contribution in [0.2, 0.25) is 5.02 Å². The molecule has 0 bridgehead atoms. The lowest BCUT2D eigenvalue weighted by Crippen LogP contribution is -2.09. The van der Waals surface area contributed by atoms with Crippen LogP contribution in [0.3, 0.4) is 0 Å². The van der Waals surface area contributed by atoms with Crippen molar-refractivity contribution in [2.75, 3.05) is 5.32 Å². The Morgan fingerprint density at radius 1 is 1.22 bits per heavy atom. The fraction of sp³-hybridized carbons (Fsp3) is 0.316. The number of ether oxygens (including phenoxy) is 1. The van der Waals surface area contributed by atoms with E-state index in [-0.39, 0.29) is 12.4 Å². The van der Waals surface area contributed by atoms with Gasteiger partial charge in [0.25, 0.3) is 0 Å². The number of halogens is 2. The third-order valence-corrected chi connectivity index (χ3v) is 4.40. The quantitative estimate of drug-likeness (QED) is 0.585. The maximum atomic E-state index is 13.8. The van der Waals surface area contributed by atoms with Crippen molar-refractivity contribution < 1.29 is 9.13 Å². The molecule has 0 aliphatic rings. The first-order valence-electron chi connectivity index (χ1n) is 8.82. The molecule has 0 saturated heterocycles. The van der Waals surface area contributed by atoms with Crippen molar-refractivity contribution in [2.45, 2.75) is 39.5 Å². The number of anilines is 1. The fourth-order valence-electron chi connectivity index (χ4n) is 2.54. The Hall–Kier alpha value is -2.67. The Labute approximate surface area is 162 Å². The monoisotopic (exact) mass is 389 g/mol. The summed E-state index contributed by atoms with van der Waals surface area (Å²) in [5, 5.41) is 15.3. The highest BCUT2D eigenvalue weighted by Crippen LogP contribution is 2.22. The van der Waals surface area contributed by atoms with Crippen molar-refractivity contribution in [3.05, 3.63) is 64.4 Å². The van der Waals surface area contributed by atoms with Crippen molar-refractivity contribution in [2.24, 2.45) is 0 Å². The Morgan fingerprint density at radius 3 is 2.89 bits per heavy atom. The van der Waals surface area contributed by atoms with Crippen LogP contribution >= 0.6 is 11.6 Å². The molecule has 142 valence electrons. The number of rotatable bonds is 9. The van der Waals surface area contributed by atoms with Crippen molar-refractivity contribution in [1.29, 1.82) is 0 Å². The third-order valence-electron chi connectivity index (χ3n) is 4.05. The zero-order valence-corrected chi connectivity index (χ0v) is 15.8. The van der Waals surface area contributed by atoms with E-state index in [0.717, 1.165) is 24.9 Å². The average Bonchev–Trinajstić information content (AvgIpc) is 3.12. The Morgan fingerprint density at radius 2 is 2.07 bits per heavy atom. The number of aryl methyl sites for hydroxylation is 1. The number of nitrogens with zero attached hydrogens (tertiary/aromatic N) is 4. The molecular weight excluding hydrogens is 369 g/mol. The van der Waals surface area contributed by atoms with E-state index in [1.54, 1.807) is 16.8 Å². The van der Waals surface area contributed by atoms with Crippen LogP contribution < -0.4 is 10.1 Å². The minimum atomic E-state index is -0.376. The molecule has 6 nitrogen and oxygen atoms in total. The van der Waals surface area contributed by atoms with E-state index in [1.165, 1.54) is 6.07 Å². The van der Waals surface area contributed by atoms with E-state index in [2.05, 4.69) is 27.8 Å². The molecule has 0 radical (unpaired) electrons. The maximum absolute atomic E-state index is 13.8. The second-order valence-corrected chi connectivity index (χ2v) is 6.48. The predicted molar refractivity (Wildman–Crippen MR) is 102 cm³/mol. The minimum absolute atomic E-state index is 0.0671. The highest BCUT2D eigenvalue weighted by Gasteiger charge is 2.09. The summed E-state index contributed by atoms with van der Waals surface area (Å²) in [6, 6.07) is 12.2. The van der Waals surface area contributed by atoms with E-state index in [0.29, 0.717) is 28.8 Å². The number of hydrogen-bond donors (Lipinski definition) is 1. The highest BCUT2D eigenvalue weighted by molar-refractivity contribution is 6.31. The van der Waals surface area contributed by atoms with E-state index in [4.69, 9.17) is 16.3 Å². The molecule has 0 unspecified atom stereocenters. The molecule has 3 aromatic rings. The van der Waals surface area contributed by atoms with Gasteiger partial charge in [-0.15, -0.1) is 0 Å². The van der Waals surface area contributed by atoms with Crippen molar-refractivity contribution in [3.8, 4) is 5.75 Å². The molecule has 0 fully saturated rings. The van der Waals surface area contributed by atoms with Crippen LogP contribution in [0.25, 0.3) is 0 Å². The predicted octanol–water partition coefficient (Wildman–Crippen LogP) is 4.46. The Balaban J connectivity index is 1.60. The maximum Gasteiger partial charge on any atom is 0.243 e. The second-order valence-electron chi connectivity index (χ2n) is 6.07. The average molecular weight is 390 g/mol. The lowest BCUT2D eigenvalue weighted by molar-refractivity contribution is 0.299. The zero-order valence-electron chi connectivity index (χ0n) is 15.0. The number of nitrogens with one attached hydrogen (secondary N) is 1. The van der Waals surface area contributed by atoms with Gasteiger partial charge in [0.05, 0.1) is 5.02 Å². The SMILES string of the molecule is CCCCn1nnnc1NCc1cccc(OCc2c(F)cccc2Cl)c1. The smallest absolute Gasteiger partial charge is 0.243 e. The molecule has 1 aromatic heterocycles. The second kappa shape index (κ2) is 9.32. The van der Waals surface area contributed by atoms with E-state index < -0.39 is 0 Å². The summed E-state index contributed by atoms with van der Waals surface area (Å²) in [4.78, 5) is 0. The largest absolute Gasteiger partial charge is 0.489 e. The van der Waals surface area contributed by atoms with Gasteiger partial charge in [-0.1, -0.05) is 48.2 Å². The normalized spacial score (nSPS) is 10.8. The highest BCUT2D eigenvalue weighted by atomic mass is 35.5. The molecule has 0 aliphatic heterocycles. The Kier molecular flexibility index (Phi) is 6.59. The van der Waals surface area contributed by atoms with Gasteiger partial charge in [-0.25, -0.2) is 9.07 Å². The van der Waals surface area contributed by atoms with E-state index in [1.807, 2.05) is 24.3 Å². The fourth-order valence-corrected chi connectivity index (χ4v) is 2.76. The minimum Gasteiger partial charge on any atom is -0.489 e. The van der Waals surface area contributed by atoms with Crippen LogP contribution in [0, 0.1) is 5.82 Å². The number of tetrazole rings is 1. The third kappa shape index (κ3) is 5.17. The molecular formula is C19H21ClFN5O. The summed E-state index contributed by atoms with van der Waals surface area (Å²) >= 11 is 6.03. The molecule has 0 atom stereocenters. The summed E-state index contributed by atoms with van der Waals surface area (Å²) in [5.41, 5.74) is 1.34. The van der Waals surface area contributed by atoms with Gasteiger partial charge in [0.1, 0.15) is 18.2 Å². The summed E-state index contributed by atoms with van der Waals surface area (Å²) in [6.45, 7) is 3.51. The van der Waals surface area contributed by atoms with Crippen molar-refractivity contribution >= 4 is 17.5 Å². The van der Waals surface area contributed by atoms with Gasteiger partial charge in [0.2, 0.25) is 5.95 Å². The van der Waals surface area contributed by atoms with E-state index in [9.17, 15) is 4.39 Å². The van der Waals surface area contributed by atoms with Gasteiger partial charge < -0.3 is 10.1 Å². The van der Waals surface area contributed by atoms with Gasteiger partial charge in [-0.05, 0) is 46.7 Å². The summed E-state index contributed by atoms with van der Waals surface area (Å²) < 4.78 is 21.3. The standard InChI is InChI=1S/C19H21ClFN5O/c1-2-3-10-26-19(23-24-25-26)22-12-14-6-4-7-15(11-14)27-13-16-17(20)8-5-9-18(16)21/h4-9,11H,2-3,10,12-13H2,1H3,(H,22,23,25). The molecule has 0 spiro atoms. The van der Waals surface area contributed by atoms with Crippen LogP contribution in [0.4, 0.5) is 10.3 Å². The lowest BCUT2D eigenvalue weighted by atomic mass is 10.2. The first-order chi connectivity index (χ1) is 13.2. The van der Waals surface area contributed by atoms with Gasteiger partial charge in [-0.2, -0.15) is 0 Å². The van der Waals surface area contributed by atoms with E-state index >= 15 is 0 Å². The van der Waals surface area contributed by atoms with Gasteiger partial charge in [0, 0.05) is 18.7 Å². The van der Waals surface area contributed by atoms with Crippen LogP contribution in [-0.2, 0) is 19.7 Å². The molecule has 0 amide bonds. The molecule has 1 heterocycles. The van der Waals surface area contributed by atoms with Gasteiger partial charge in [0.15, 0.2) is 0 Å². The first kappa shape index (κ1) is 19.1. The molecule has 0 aliphatic carbocycles. The molecule has 0 saturated carbocycles. The summed E-state index contributed by atoms with van der Waals surface area (Å²) in [6.07, 6.45) is 2.09. The summed E-state index contributed by atoms with van der Waals surface area (Å²) in [7, 11) is 0.